The SMILES string of the molecule is CC(C)Sc1nc(N2CCCC2)c2cnn(CCNC(=O)c3c(F)cccc3F)c2n1. The minimum atomic E-state index is -0.889. The summed E-state index contributed by atoms with van der Waals surface area (Å²) in [7, 11) is 0. The monoisotopic (exact) mass is 446 g/mol. The predicted octanol–water partition coefficient (Wildman–Crippen LogP) is 3.64. The van der Waals surface area contributed by atoms with E-state index in [1.807, 2.05) is 0 Å². The van der Waals surface area contributed by atoms with Gasteiger partial charge in [-0.05, 0) is 25.0 Å². The van der Waals surface area contributed by atoms with Crippen molar-refractivity contribution in [3.63, 3.8) is 0 Å². The maximum atomic E-state index is 13.8. The fraction of sp³-hybridized carbons (Fsp3) is 0.429. The van der Waals surface area contributed by atoms with Crippen LogP contribution in [0.1, 0.15) is 37.0 Å². The van der Waals surface area contributed by atoms with E-state index in [4.69, 9.17) is 4.98 Å². The predicted molar refractivity (Wildman–Crippen MR) is 116 cm³/mol. The molecule has 1 fully saturated rings. The minimum Gasteiger partial charge on any atom is -0.356 e. The Morgan fingerprint density at radius 3 is 2.58 bits per heavy atom. The molecule has 0 spiro atoms. The van der Waals surface area contributed by atoms with E-state index in [2.05, 4.69) is 34.1 Å². The number of nitrogens with zero attached hydrogens (tertiary/aromatic N) is 5. The third-order valence-electron chi connectivity index (χ3n) is 5.00. The molecule has 1 aliphatic rings. The summed E-state index contributed by atoms with van der Waals surface area (Å²) in [5.41, 5.74) is 0.105. The molecule has 0 aliphatic carbocycles. The molecular formula is C21H24F2N6OS. The molecular weight excluding hydrogens is 422 g/mol. The average molecular weight is 447 g/mol. The molecule has 4 rings (SSSR count). The number of amides is 1. The summed E-state index contributed by atoms with van der Waals surface area (Å²) < 4.78 is 29.3. The van der Waals surface area contributed by atoms with E-state index in [0.717, 1.165) is 49.3 Å². The molecule has 0 saturated carbocycles. The Kier molecular flexibility index (Phi) is 6.35. The number of aromatic nitrogens is 4. The van der Waals surface area contributed by atoms with E-state index in [1.54, 1.807) is 22.6 Å². The van der Waals surface area contributed by atoms with Crippen LogP contribution in [0.2, 0.25) is 0 Å². The highest BCUT2D eigenvalue weighted by Gasteiger charge is 2.21. The fourth-order valence-corrected chi connectivity index (χ4v) is 4.30. The maximum Gasteiger partial charge on any atom is 0.257 e. The van der Waals surface area contributed by atoms with Gasteiger partial charge in [0.15, 0.2) is 10.8 Å². The number of carbonyl (C=O) groups is 1. The van der Waals surface area contributed by atoms with E-state index >= 15 is 0 Å². The van der Waals surface area contributed by atoms with Gasteiger partial charge in [0, 0.05) is 24.9 Å². The van der Waals surface area contributed by atoms with Crippen LogP contribution in [0.3, 0.4) is 0 Å². The normalized spacial score (nSPS) is 14.0. The number of thioether (sulfide) groups is 1. The molecule has 1 aromatic carbocycles. The smallest absolute Gasteiger partial charge is 0.257 e. The van der Waals surface area contributed by atoms with Crippen LogP contribution in [0, 0.1) is 11.6 Å². The van der Waals surface area contributed by atoms with Gasteiger partial charge in [-0.3, -0.25) is 4.79 Å². The van der Waals surface area contributed by atoms with Crippen molar-refractivity contribution in [2.45, 2.75) is 43.6 Å². The second-order valence-corrected chi connectivity index (χ2v) is 9.19. The Bertz CT molecular complexity index is 1080. The zero-order valence-corrected chi connectivity index (χ0v) is 18.3. The van der Waals surface area contributed by atoms with Crippen molar-refractivity contribution in [1.82, 2.24) is 25.1 Å². The van der Waals surface area contributed by atoms with E-state index in [0.29, 0.717) is 22.6 Å². The highest BCUT2D eigenvalue weighted by atomic mass is 32.2. The lowest BCUT2D eigenvalue weighted by Crippen LogP contribution is -2.29. The largest absolute Gasteiger partial charge is 0.356 e. The van der Waals surface area contributed by atoms with Gasteiger partial charge in [0.25, 0.3) is 5.91 Å². The quantitative estimate of drug-likeness (QED) is 0.441. The number of fused-ring (bicyclic) bond motifs is 1. The first-order valence-electron chi connectivity index (χ1n) is 10.3. The van der Waals surface area contributed by atoms with Crippen molar-refractivity contribution in [1.29, 1.82) is 0 Å². The average Bonchev–Trinajstić information content (AvgIpc) is 3.37. The summed E-state index contributed by atoms with van der Waals surface area (Å²) in [6.07, 6.45) is 4.00. The zero-order chi connectivity index (χ0) is 22.0. The van der Waals surface area contributed by atoms with Crippen LogP contribution in [0.5, 0.6) is 0 Å². The van der Waals surface area contributed by atoms with Crippen LogP contribution >= 0.6 is 11.8 Å². The minimum absolute atomic E-state index is 0.152. The molecule has 0 bridgehead atoms. The van der Waals surface area contributed by atoms with E-state index < -0.39 is 23.1 Å². The first kappa shape index (κ1) is 21.5. The highest BCUT2D eigenvalue weighted by molar-refractivity contribution is 7.99. The third kappa shape index (κ3) is 4.63. The van der Waals surface area contributed by atoms with Crippen molar-refractivity contribution >= 4 is 34.5 Å². The Balaban J connectivity index is 1.55. The molecule has 3 aromatic rings. The maximum absolute atomic E-state index is 13.8. The summed E-state index contributed by atoms with van der Waals surface area (Å²) in [6, 6.07) is 3.34. The molecule has 2 aromatic heterocycles. The summed E-state index contributed by atoms with van der Waals surface area (Å²) >= 11 is 1.58. The molecule has 0 atom stereocenters. The summed E-state index contributed by atoms with van der Waals surface area (Å²) in [4.78, 5) is 23.9. The van der Waals surface area contributed by atoms with Crippen LogP contribution in [0.25, 0.3) is 11.0 Å². The highest BCUT2D eigenvalue weighted by Crippen LogP contribution is 2.30. The molecule has 0 radical (unpaired) electrons. The van der Waals surface area contributed by atoms with Crippen LogP contribution in [0.15, 0.2) is 29.6 Å². The van der Waals surface area contributed by atoms with E-state index in [-0.39, 0.29) is 6.54 Å². The molecule has 1 amide bonds. The zero-order valence-electron chi connectivity index (χ0n) is 17.4. The number of rotatable bonds is 7. The van der Waals surface area contributed by atoms with Gasteiger partial charge < -0.3 is 10.2 Å². The van der Waals surface area contributed by atoms with Crippen molar-refractivity contribution in [2.75, 3.05) is 24.5 Å². The van der Waals surface area contributed by atoms with Crippen molar-refractivity contribution < 1.29 is 13.6 Å². The molecule has 0 unspecified atom stereocenters. The topological polar surface area (TPSA) is 75.9 Å². The number of anilines is 1. The molecule has 164 valence electrons. The fourth-order valence-electron chi connectivity index (χ4n) is 3.60. The summed E-state index contributed by atoms with van der Waals surface area (Å²) in [6.45, 7) is 6.54. The molecule has 1 aliphatic heterocycles. The number of benzene rings is 1. The first-order valence-corrected chi connectivity index (χ1v) is 11.2. The number of hydrogen-bond donors (Lipinski definition) is 1. The third-order valence-corrected chi connectivity index (χ3v) is 5.87. The van der Waals surface area contributed by atoms with Gasteiger partial charge in [0.1, 0.15) is 23.0 Å². The van der Waals surface area contributed by atoms with Gasteiger partial charge in [-0.2, -0.15) is 5.10 Å². The second-order valence-electron chi connectivity index (χ2n) is 7.65. The Hall–Kier alpha value is -2.75. The van der Waals surface area contributed by atoms with Crippen LogP contribution < -0.4 is 10.2 Å². The lowest BCUT2D eigenvalue weighted by atomic mass is 10.2. The molecule has 31 heavy (non-hydrogen) atoms. The van der Waals surface area contributed by atoms with E-state index in [1.165, 1.54) is 6.07 Å². The van der Waals surface area contributed by atoms with Crippen LogP contribution in [-0.4, -0.2) is 50.5 Å². The van der Waals surface area contributed by atoms with Gasteiger partial charge in [-0.25, -0.2) is 23.4 Å². The van der Waals surface area contributed by atoms with Gasteiger partial charge in [0.2, 0.25) is 0 Å². The van der Waals surface area contributed by atoms with Crippen LogP contribution in [0.4, 0.5) is 14.6 Å². The number of nitrogens with one attached hydrogen (secondary N) is 1. The Morgan fingerprint density at radius 1 is 1.19 bits per heavy atom. The lowest BCUT2D eigenvalue weighted by molar-refractivity contribution is 0.0943. The molecule has 7 nitrogen and oxygen atoms in total. The van der Waals surface area contributed by atoms with E-state index in [9.17, 15) is 13.6 Å². The molecule has 1 saturated heterocycles. The summed E-state index contributed by atoms with van der Waals surface area (Å²) in [5.74, 6) is -1.69. The second kappa shape index (κ2) is 9.17. The molecule has 3 heterocycles. The lowest BCUT2D eigenvalue weighted by Gasteiger charge is -2.18. The number of hydrogen-bond acceptors (Lipinski definition) is 6. The van der Waals surface area contributed by atoms with Gasteiger partial charge in [0.05, 0.1) is 18.1 Å². The van der Waals surface area contributed by atoms with Gasteiger partial charge in [-0.1, -0.05) is 31.7 Å². The van der Waals surface area contributed by atoms with Gasteiger partial charge >= 0.3 is 0 Å². The molecule has 10 heteroatoms. The Labute approximate surface area is 183 Å². The first-order chi connectivity index (χ1) is 14.9. The van der Waals surface area contributed by atoms with Crippen molar-refractivity contribution in [3.05, 3.63) is 41.6 Å². The van der Waals surface area contributed by atoms with Gasteiger partial charge in [-0.15, -0.1) is 0 Å². The molecule has 1 N–H and O–H groups in total. The van der Waals surface area contributed by atoms with Crippen molar-refractivity contribution in [3.8, 4) is 0 Å². The number of halogens is 2. The van der Waals surface area contributed by atoms with Crippen LogP contribution in [-0.2, 0) is 6.54 Å². The summed E-state index contributed by atoms with van der Waals surface area (Å²) in [5, 5.41) is 8.87. The standard InChI is InChI=1S/C21H24F2N6OS/c1-13(2)31-21-26-18(28-9-3-4-10-28)14-12-25-29(19(14)27-21)11-8-24-20(30)17-15(22)6-5-7-16(17)23/h5-7,12-13H,3-4,8-11H2,1-2H3,(H,24,30). The number of carbonyl (C=O) groups excluding carboxylic acids is 1. The van der Waals surface area contributed by atoms with Crippen molar-refractivity contribution in [2.24, 2.45) is 0 Å². The Morgan fingerprint density at radius 2 is 1.90 bits per heavy atom.